The summed E-state index contributed by atoms with van der Waals surface area (Å²) in [7, 11) is 0. The van der Waals surface area contributed by atoms with Gasteiger partial charge in [-0.1, -0.05) is 6.92 Å². The van der Waals surface area contributed by atoms with Crippen molar-refractivity contribution in [3.05, 3.63) is 0 Å². The first kappa shape index (κ1) is 8.41. The van der Waals surface area contributed by atoms with Crippen molar-refractivity contribution >= 4 is 0 Å². The molecule has 0 aliphatic heterocycles. The van der Waals surface area contributed by atoms with E-state index in [4.69, 9.17) is 11.0 Å². The van der Waals surface area contributed by atoms with Crippen LogP contribution < -0.4 is 5.73 Å². The number of hydrogen-bond donors (Lipinski definition) is 1. The molecule has 9 heavy (non-hydrogen) atoms. The fourth-order valence-corrected chi connectivity index (χ4v) is 0.651. The summed E-state index contributed by atoms with van der Waals surface area (Å²) in [4.78, 5) is 1.90. The molecule has 3 nitrogen and oxygen atoms in total. The van der Waals surface area contributed by atoms with Gasteiger partial charge in [0.25, 0.3) is 0 Å². The van der Waals surface area contributed by atoms with Crippen LogP contribution in [0.2, 0.25) is 0 Å². The smallest absolute Gasteiger partial charge is 0.0876 e. The van der Waals surface area contributed by atoms with Gasteiger partial charge in [-0.25, -0.2) is 0 Å². The monoisotopic (exact) mass is 127 g/mol. The van der Waals surface area contributed by atoms with Crippen molar-refractivity contribution in [3.63, 3.8) is 0 Å². The SMILES string of the molecule is CCCN(CN)CC#N. The minimum absolute atomic E-state index is 0.449. The number of nitrogens with zero attached hydrogens (tertiary/aromatic N) is 2. The Bertz CT molecular complexity index is 95.0. The summed E-state index contributed by atoms with van der Waals surface area (Å²) in [6.07, 6.45) is 1.05. The topological polar surface area (TPSA) is 53.0 Å². The van der Waals surface area contributed by atoms with Gasteiger partial charge in [-0.05, 0) is 6.42 Å². The third-order valence-electron chi connectivity index (χ3n) is 1.09. The van der Waals surface area contributed by atoms with Crippen LogP contribution in [0.25, 0.3) is 0 Å². The Morgan fingerprint density at radius 3 is 2.67 bits per heavy atom. The van der Waals surface area contributed by atoms with E-state index < -0.39 is 0 Å². The van der Waals surface area contributed by atoms with Crippen LogP contribution in [0.15, 0.2) is 0 Å². The molecule has 3 heteroatoms. The van der Waals surface area contributed by atoms with Gasteiger partial charge in [-0.3, -0.25) is 4.90 Å². The minimum atomic E-state index is 0.449. The second-order valence-corrected chi connectivity index (χ2v) is 1.89. The molecular weight excluding hydrogens is 114 g/mol. The van der Waals surface area contributed by atoms with Crippen LogP contribution in [0.1, 0.15) is 13.3 Å². The van der Waals surface area contributed by atoms with Crippen LogP contribution in [0.4, 0.5) is 0 Å². The summed E-state index contributed by atoms with van der Waals surface area (Å²) in [5.74, 6) is 0. The summed E-state index contributed by atoms with van der Waals surface area (Å²) in [5, 5.41) is 8.25. The maximum Gasteiger partial charge on any atom is 0.0876 e. The van der Waals surface area contributed by atoms with Gasteiger partial charge in [-0.15, -0.1) is 0 Å². The lowest BCUT2D eigenvalue weighted by molar-refractivity contribution is 0.316. The van der Waals surface area contributed by atoms with Gasteiger partial charge in [0.1, 0.15) is 0 Å². The first-order valence-corrected chi connectivity index (χ1v) is 3.14. The normalized spacial score (nSPS) is 9.56. The molecule has 0 atom stereocenters. The quantitative estimate of drug-likeness (QED) is 0.431. The zero-order valence-corrected chi connectivity index (χ0v) is 5.80. The molecule has 52 valence electrons. The third kappa shape index (κ3) is 3.95. The average Bonchev–Trinajstić information content (AvgIpc) is 1.88. The Balaban J connectivity index is 3.32. The number of rotatable bonds is 4. The molecule has 0 saturated carbocycles. The highest BCUT2D eigenvalue weighted by Gasteiger charge is 1.96. The zero-order chi connectivity index (χ0) is 7.11. The van der Waals surface area contributed by atoms with Crippen molar-refractivity contribution in [1.82, 2.24) is 4.90 Å². The van der Waals surface area contributed by atoms with E-state index in [9.17, 15) is 0 Å². The van der Waals surface area contributed by atoms with Gasteiger partial charge in [0.15, 0.2) is 0 Å². The van der Waals surface area contributed by atoms with Gasteiger partial charge in [0, 0.05) is 13.2 Å². The van der Waals surface area contributed by atoms with Crippen molar-refractivity contribution in [2.45, 2.75) is 13.3 Å². The fourth-order valence-electron chi connectivity index (χ4n) is 0.651. The minimum Gasteiger partial charge on any atom is -0.318 e. The van der Waals surface area contributed by atoms with Gasteiger partial charge in [0.2, 0.25) is 0 Å². The van der Waals surface area contributed by atoms with E-state index in [1.807, 2.05) is 11.0 Å². The van der Waals surface area contributed by atoms with Gasteiger partial charge < -0.3 is 5.73 Å². The molecule has 0 heterocycles. The van der Waals surface area contributed by atoms with Crippen molar-refractivity contribution < 1.29 is 0 Å². The van der Waals surface area contributed by atoms with Crippen molar-refractivity contribution in [2.75, 3.05) is 19.8 Å². The molecule has 0 aliphatic carbocycles. The molecule has 0 saturated heterocycles. The molecule has 0 radical (unpaired) electrons. The van der Waals surface area contributed by atoms with Crippen LogP contribution in [0, 0.1) is 11.3 Å². The van der Waals surface area contributed by atoms with Crippen LogP contribution in [-0.4, -0.2) is 24.7 Å². The molecule has 0 unspecified atom stereocenters. The molecule has 0 spiro atoms. The average molecular weight is 127 g/mol. The molecule has 0 fully saturated rings. The second kappa shape index (κ2) is 5.54. The Morgan fingerprint density at radius 2 is 2.33 bits per heavy atom. The first-order chi connectivity index (χ1) is 4.35. The highest BCUT2D eigenvalue weighted by molar-refractivity contribution is 4.74. The van der Waals surface area contributed by atoms with Crippen molar-refractivity contribution in [1.29, 1.82) is 5.26 Å². The summed E-state index contributed by atoms with van der Waals surface area (Å²) < 4.78 is 0. The first-order valence-electron chi connectivity index (χ1n) is 3.14. The fraction of sp³-hybridized carbons (Fsp3) is 0.833. The van der Waals surface area contributed by atoms with Crippen LogP contribution in [0.5, 0.6) is 0 Å². The van der Waals surface area contributed by atoms with E-state index in [2.05, 4.69) is 6.92 Å². The summed E-state index contributed by atoms with van der Waals surface area (Å²) in [6.45, 7) is 3.93. The molecule has 0 aromatic rings. The third-order valence-corrected chi connectivity index (χ3v) is 1.09. The highest BCUT2D eigenvalue weighted by atomic mass is 15.2. The van der Waals surface area contributed by atoms with Gasteiger partial charge in [-0.2, -0.15) is 5.26 Å². The number of nitriles is 1. The van der Waals surface area contributed by atoms with Crippen LogP contribution in [0.3, 0.4) is 0 Å². The van der Waals surface area contributed by atoms with E-state index >= 15 is 0 Å². The molecular formula is C6H13N3. The predicted octanol–water partition coefficient (Wildman–Crippen LogP) is 0.138. The molecule has 0 aromatic heterocycles. The summed E-state index contributed by atoms with van der Waals surface area (Å²) >= 11 is 0. The van der Waals surface area contributed by atoms with E-state index in [0.29, 0.717) is 13.2 Å². The summed E-state index contributed by atoms with van der Waals surface area (Å²) in [6, 6.07) is 2.05. The van der Waals surface area contributed by atoms with Crippen molar-refractivity contribution in [2.24, 2.45) is 5.73 Å². The maximum atomic E-state index is 8.25. The van der Waals surface area contributed by atoms with Crippen molar-refractivity contribution in [3.8, 4) is 6.07 Å². The Kier molecular flexibility index (Phi) is 5.18. The molecule has 0 aliphatic rings. The standard InChI is InChI=1S/C6H13N3/c1-2-4-9(6-8)5-3-7/h2,4-6,8H2,1H3. The number of hydrogen-bond acceptors (Lipinski definition) is 3. The van der Waals surface area contributed by atoms with E-state index in [0.717, 1.165) is 13.0 Å². The van der Waals surface area contributed by atoms with E-state index in [1.165, 1.54) is 0 Å². The Hall–Kier alpha value is -0.590. The maximum absolute atomic E-state index is 8.25. The largest absolute Gasteiger partial charge is 0.318 e. The number of nitrogens with two attached hydrogens (primary N) is 1. The predicted molar refractivity (Wildman–Crippen MR) is 36.5 cm³/mol. The van der Waals surface area contributed by atoms with E-state index in [1.54, 1.807) is 0 Å². The molecule has 0 rings (SSSR count). The molecule has 0 bridgehead atoms. The molecule has 0 aromatic carbocycles. The lowest BCUT2D eigenvalue weighted by Crippen LogP contribution is -2.30. The van der Waals surface area contributed by atoms with Crippen LogP contribution in [-0.2, 0) is 0 Å². The Morgan fingerprint density at radius 1 is 1.67 bits per heavy atom. The Labute approximate surface area is 56.1 Å². The highest BCUT2D eigenvalue weighted by Crippen LogP contribution is 1.85. The van der Waals surface area contributed by atoms with E-state index in [-0.39, 0.29) is 0 Å². The summed E-state index contributed by atoms with van der Waals surface area (Å²) in [5.41, 5.74) is 5.32. The molecule has 2 N–H and O–H groups in total. The lowest BCUT2D eigenvalue weighted by Gasteiger charge is -2.13. The van der Waals surface area contributed by atoms with Crippen LogP contribution >= 0.6 is 0 Å². The lowest BCUT2D eigenvalue weighted by atomic mass is 10.4. The molecule has 0 amide bonds. The zero-order valence-electron chi connectivity index (χ0n) is 5.80. The van der Waals surface area contributed by atoms with Gasteiger partial charge >= 0.3 is 0 Å². The van der Waals surface area contributed by atoms with Gasteiger partial charge in [0.05, 0.1) is 12.6 Å². The second-order valence-electron chi connectivity index (χ2n) is 1.89.